The molecule has 0 aromatic heterocycles. The molecule has 0 heterocycles. The first-order chi connectivity index (χ1) is 9.83. The van der Waals surface area contributed by atoms with E-state index in [1.165, 1.54) is 5.56 Å². The molecule has 0 aliphatic carbocycles. The van der Waals surface area contributed by atoms with E-state index in [0.29, 0.717) is 13.2 Å². The van der Waals surface area contributed by atoms with E-state index >= 15 is 0 Å². The summed E-state index contributed by atoms with van der Waals surface area (Å²) < 4.78 is 11.3. The van der Waals surface area contributed by atoms with Gasteiger partial charge in [0.25, 0.3) is 0 Å². The molecule has 2 aromatic carbocycles. The lowest BCUT2D eigenvalue weighted by atomic mass is 10.0. The molecule has 0 saturated heterocycles. The molecular weight excluding hydrogens is 268 g/mol. The van der Waals surface area contributed by atoms with Gasteiger partial charge in [0.05, 0.1) is 13.2 Å². The minimum Gasteiger partial charge on any atom is -0.494 e. The molecule has 0 aliphatic rings. The normalized spacial score (nSPS) is 11.9. The van der Waals surface area contributed by atoms with E-state index in [9.17, 15) is 0 Å². The smallest absolute Gasteiger partial charge is 0.123 e. The first kappa shape index (κ1) is 14.8. The van der Waals surface area contributed by atoms with Crippen LogP contribution in [0.25, 0.3) is 0 Å². The molecule has 2 rings (SSSR count). The van der Waals surface area contributed by atoms with Gasteiger partial charge in [-0.1, -0.05) is 36.4 Å². The predicted octanol–water partition coefficient (Wildman–Crippen LogP) is 4.18. The molecule has 2 nitrogen and oxygen atoms in total. The van der Waals surface area contributed by atoms with Crippen molar-refractivity contribution in [2.75, 3.05) is 19.0 Å². The lowest BCUT2D eigenvalue weighted by Crippen LogP contribution is -2.12. The van der Waals surface area contributed by atoms with Crippen LogP contribution < -0.4 is 9.47 Å². The summed E-state index contributed by atoms with van der Waals surface area (Å²) in [5.41, 5.74) is 1.25. The topological polar surface area (TPSA) is 18.5 Å². The number of benzene rings is 2. The van der Waals surface area contributed by atoms with Crippen LogP contribution in [0.1, 0.15) is 18.4 Å². The fourth-order valence-electron chi connectivity index (χ4n) is 2.00. The molecule has 3 heteroatoms. The molecule has 1 unspecified atom stereocenters. The van der Waals surface area contributed by atoms with Crippen LogP contribution in [-0.2, 0) is 0 Å². The Morgan fingerprint density at radius 1 is 0.950 bits per heavy atom. The second-order valence-corrected chi connectivity index (χ2v) is 4.87. The summed E-state index contributed by atoms with van der Waals surface area (Å²) in [7, 11) is 0. The first-order valence-corrected chi connectivity index (χ1v) is 7.48. The highest BCUT2D eigenvalue weighted by Crippen LogP contribution is 2.22. The Morgan fingerprint density at radius 2 is 1.65 bits per heavy atom. The molecule has 20 heavy (non-hydrogen) atoms. The summed E-state index contributed by atoms with van der Waals surface area (Å²) in [4.78, 5) is 0. The van der Waals surface area contributed by atoms with Gasteiger partial charge in [-0.2, -0.15) is 12.6 Å². The maximum absolute atomic E-state index is 5.87. The van der Waals surface area contributed by atoms with Crippen molar-refractivity contribution in [3.05, 3.63) is 60.2 Å². The molecule has 0 saturated carbocycles. The zero-order valence-electron chi connectivity index (χ0n) is 11.7. The highest BCUT2D eigenvalue weighted by molar-refractivity contribution is 7.80. The lowest BCUT2D eigenvalue weighted by molar-refractivity contribution is 0.292. The SMILES string of the molecule is CCOc1cccc(OCC(CS)c2ccccc2)c1. The van der Waals surface area contributed by atoms with Gasteiger partial charge in [-0.3, -0.25) is 0 Å². The number of thiol groups is 1. The van der Waals surface area contributed by atoms with Crippen LogP contribution in [-0.4, -0.2) is 19.0 Å². The van der Waals surface area contributed by atoms with Crippen LogP contribution in [0.3, 0.4) is 0 Å². The van der Waals surface area contributed by atoms with Crippen molar-refractivity contribution >= 4 is 12.6 Å². The highest BCUT2D eigenvalue weighted by atomic mass is 32.1. The molecule has 0 bridgehead atoms. The van der Waals surface area contributed by atoms with Gasteiger partial charge in [-0.25, -0.2) is 0 Å². The van der Waals surface area contributed by atoms with Crippen molar-refractivity contribution in [1.82, 2.24) is 0 Å². The summed E-state index contributed by atoms with van der Waals surface area (Å²) in [5.74, 6) is 2.72. The Bertz CT molecular complexity index is 513. The highest BCUT2D eigenvalue weighted by Gasteiger charge is 2.10. The molecule has 0 aliphatic heterocycles. The summed E-state index contributed by atoms with van der Waals surface area (Å²) >= 11 is 4.42. The van der Waals surface area contributed by atoms with Crippen molar-refractivity contribution in [2.24, 2.45) is 0 Å². The van der Waals surface area contributed by atoms with Gasteiger partial charge < -0.3 is 9.47 Å². The Labute approximate surface area is 126 Å². The fraction of sp³-hybridized carbons (Fsp3) is 0.294. The Hall–Kier alpha value is -1.61. The van der Waals surface area contributed by atoms with Crippen molar-refractivity contribution in [3.63, 3.8) is 0 Å². The Kier molecular flexibility index (Phi) is 5.81. The van der Waals surface area contributed by atoms with Gasteiger partial charge >= 0.3 is 0 Å². The molecular formula is C17H20O2S. The van der Waals surface area contributed by atoms with Crippen molar-refractivity contribution in [1.29, 1.82) is 0 Å². The monoisotopic (exact) mass is 288 g/mol. The number of hydrogen-bond acceptors (Lipinski definition) is 3. The van der Waals surface area contributed by atoms with Gasteiger partial charge in [-0.15, -0.1) is 0 Å². The van der Waals surface area contributed by atoms with E-state index in [-0.39, 0.29) is 5.92 Å². The maximum Gasteiger partial charge on any atom is 0.123 e. The lowest BCUT2D eigenvalue weighted by Gasteiger charge is -2.16. The third kappa shape index (κ3) is 4.20. The average molecular weight is 288 g/mol. The molecule has 2 aromatic rings. The third-order valence-electron chi connectivity index (χ3n) is 3.06. The van der Waals surface area contributed by atoms with E-state index in [0.717, 1.165) is 17.3 Å². The van der Waals surface area contributed by atoms with Gasteiger partial charge in [0.1, 0.15) is 11.5 Å². The number of ether oxygens (including phenoxy) is 2. The van der Waals surface area contributed by atoms with Gasteiger partial charge in [-0.05, 0) is 24.6 Å². The van der Waals surface area contributed by atoms with Crippen LogP contribution in [0, 0.1) is 0 Å². The number of hydrogen-bond donors (Lipinski definition) is 1. The largest absolute Gasteiger partial charge is 0.494 e. The third-order valence-corrected chi connectivity index (χ3v) is 3.50. The average Bonchev–Trinajstić information content (AvgIpc) is 2.50. The van der Waals surface area contributed by atoms with E-state index in [4.69, 9.17) is 9.47 Å². The molecule has 106 valence electrons. The van der Waals surface area contributed by atoms with E-state index in [2.05, 4.69) is 24.8 Å². The minimum atomic E-state index is 0.287. The molecule has 1 atom stereocenters. The first-order valence-electron chi connectivity index (χ1n) is 6.85. The Balaban J connectivity index is 1.98. The van der Waals surface area contributed by atoms with Crippen LogP contribution >= 0.6 is 12.6 Å². The second kappa shape index (κ2) is 7.85. The molecule has 0 fully saturated rings. The predicted molar refractivity (Wildman–Crippen MR) is 86.1 cm³/mol. The van der Waals surface area contributed by atoms with Crippen molar-refractivity contribution in [3.8, 4) is 11.5 Å². The van der Waals surface area contributed by atoms with Crippen molar-refractivity contribution in [2.45, 2.75) is 12.8 Å². The van der Waals surface area contributed by atoms with E-state index in [1.54, 1.807) is 0 Å². The fourth-order valence-corrected chi connectivity index (χ4v) is 2.31. The second-order valence-electron chi connectivity index (χ2n) is 4.51. The quantitative estimate of drug-likeness (QED) is 0.771. The molecule has 0 N–H and O–H groups in total. The summed E-state index contributed by atoms with van der Waals surface area (Å²) in [6.07, 6.45) is 0. The van der Waals surface area contributed by atoms with E-state index < -0.39 is 0 Å². The van der Waals surface area contributed by atoms with Gasteiger partial charge in [0.15, 0.2) is 0 Å². The molecule has 0 radical (unpaired) electrons. The minimum absolute atomic E-state index is 0.287. The number of rotatable bonds is 7. The maximum atomic E-state index is 5.87. The molecule has 0 amide bonds. The summed E-state index contributed by atoms with van der Waals surface area (Å²) in [6.45, 7) is 3.25. The zero-order valence-corrected chi connectivity index (χ0v) is 12.6. The Morgan fingerprint density at radius 3 is 2.30 bits per heavy atom. The standard InChI is InChI=1S/C17H20O2S/c1-2-18-16-9-6-10-17(11-16)19-12-15(13-20)14-7-4-3-5-8-14/h3-11,15,20H,2,12-13H2,1H3. The zero-order chi connectivity index (χ0) is 14.2. The van der Waals surface area contributed by atoms with Crippen LogP contribution in [0.15, 0.2) is 54.6 Å². The summed E-state index contributed by atoms with van der Waals surface area (Å²) in [6, 6.07) is 18.1. The van der Waals surface area contributed by atoms with E-state index in [1.807, 2.05) is 49.4 Å². The summed E-state index contributed by atoms with van der Waals surface area (Å²) in [5, 5.41) is 0. The van der Waals surface area contributed by atoms with Gasteiger partial charge in [0.2, 0.25) is 0 Å². The van der Waals surface area contributed by atoms with Crippen molar-refractivity contribution < 1.29 is 9.47 Å². The van der Waals surface area contributed by atoms with Crippen LogP contribution in [0.4, 0.5) is 0 Å². The molecule has 0 spiro atoms. The van der Waals surface area contributed by atoms with Gasteiger partial charge in [0, 0.05) is 17.7 Å². The van der Waals surface area contributed by atoms with Crippen LogP contribution in [0.5, 0.6) is 11.5 Å². The van der Waals surface area contributed by atoms with Crippen LogP contribution in [0.2, 0.25) is 0 Å².